The molecule has 1 unspecified atom stereocenters. The topological polar surface area (TPSA) is 52.9 Å². The molecule has 1 aromatic carbocycles. The smallest absolute Gasteiger partial charge is 0.227 e. The van der Waals surface area contributed by atoms with E-state index in [4.69, 9.17) is 5.26 Å². The van der Waals surface area contributed by atoms with E-state index in [9.17, 15) is 4.79 Å². The molecule has 0 spiro atoms. The van der Waals surface area contributed by atoms with E-state index < -0.39 is 0 Å². The van der Waals surface area contributed by atoms with Gasteiger partial charge in [-0.05, 0) is 30.5 Å². The summed E-state index contributed by atoms with van der Waals surface area (Å²) in [5, 5.41) is 11.4. The zero-order valence-corrected chi connectivity index (χ0v) is 10.3. The van der Waals surface area contributed by atoms with E-state index in [1.807, 2.05) is 18.2 Å². The lowest BCUT2D eigenvalue weighted by Gasteiger charge is -2.24. The Hall–Kier alpha value is -1.34. The number of hydrogen-bond donors (Lipinski definition) is 1. The van der Waals surface area contributed by atoms with Crippen LogP contribution in [0.15, 0.2) is 22.7 Å². The van der Waals surface area contributed by atoms with Gasteiger partial charge in [0.1, 0.15) is 0 Å². The summed E-state index contributed by atoms with van der Waals surface area (Å²) in [6.07, 6.45) is 1.80. The average molecular weight is 279 g/mol. The van der Waals surface area contributed by atoms with Gasteiger partial charge in [0.25, 0.3) is 0 Å². The number of nitrogens with zero attached hydrogens (tertiary/aromatic N) is 1. The number of benzene rings is 1. The van der Waals surface area contributed by atoms with Gasteiger partial charge < -0.3 is 5.32 Å². The van der Waals surface area contributed by atoms with Gasteiger partial charge in [0.2, 0.25) is 5.91 Å². The fourth-order valence-electron chi connectivity index (χ4n) is 1.91. The number of anilines is 1. The number of rotatable bonds is 2. The summed E-state index contributed by atoms with van der Waals surface area (Å²) in [6, 6.07) is 7.97. The van der Waals surface area contributed by atoms with Crippen molar-refractivity contribution >= 4 is 27.5 Å². The molecule has 1 aromatic rings. The summed E-state index contributed by atoms with van der Waals surface area (Å²) in [5.74, 6) is -0.0332. The van der Waals surface area contributed by atoms with Crippen LogP contribution in [0.5, 0.6) is 0 Å². The highest BCUT2D eigenvalue weighted by atomic mass is 79.9. The summed E-state index contributed by atoms with van der Waals surface area (Å²) < 4.78 is 0.960. The van der Waals surface area contributed by atoms with Crippen molar-refractivity contribution in [2.24, 2.45) is 5.92 Å². The monoisotopic (exact) mass is 278 g/mol. The minimum atomic E-state index is -0.0617. The maximum Gasteiger partial charge on any atom is 0.227 e. The fraction of sp³-hybridized carbons (Fsp3) is 0.333. The second kappa shape index (κ2) is 4.67. The van der Waals surface area contributed by atoms with Crippen molar-refractivity contribution in [3.8, 4) is 6.07 Å². The van der Waals surface area contributed by atoms with Crippen LogP contribution in [0.2, 0.25) is 0 Å². The number of halogens is 1. The summed E-state index contributed by atoms with van der Waals surface area (Å²) in [6.45, 7) is 0. The van der Waals surface area contributed by atoms with Crippen LogP contribution in [0, 0.1) is 17.2 Å². The van der Waals surface area contributed by atoms with E-state index in [2.05, 4.69) is 27.3 Å². The first-order valence-electron chi connectivity index (χ1n) is 5.17. The van der Waals surface area contributed by atoms with Gasteiger partial charge in [-0.1, -0.05) is 22.0 Å². The molecule has 0 aliphatic carbocycles. The number of nitrogens with one attached hydrogen (secondary N) is 1. The Morgan fingerprint density at radius 1 is 1.56 bits per heavy atom. The molecule has 3 nitrogen and oxygen atoms in total. The van der Waals surface area contributed by atoms with Crippen LogP contribution in [0.4, 0.5) is 5.69 Å². The van der Waals surface area contributed by atoms with Gasteiger partial charge in [0.05, 0.1) is 6.07 Å². The second-order valence-corrected chi connectivity index (χ2v) is 4.80. The zero-order valence-electron chi connectivity index (χ0n) is 8.66. The minimum absolute atomic E-state index is 0.0286. The fourth-order valence-corrected chi connectivity index (χ4v) is 2.27. The van der Waals surface area contributed by atoms with Crippen LogP contribution in [-0.4, -0.2) is 5.91 Å². The molecular weight excluding hydrogens is 268 g/mol. The molecule has 0 fully saturated rings. The largest absolute Gasteiger partial charge is 0.326 e. The number of carbonyl (C=O) groups excluding carboxylic acids is 1. The maximum atomic E-state index is 11.7. The molecule has 1 atom stereocenters. The standard InChI is InChI=1S/C12H11BrN2O/c13-10-4-3-8-6-9(2-1-5-14)12(16)15-11(8)7-10/h3-4,7,9H,1-2,6H2,(H,15,16). The SMILES string of the molecule is N#CCCC1Cc2ccc(Br)cc2NC1=O. The quantitative estimate of drug-likeness (QED) is 0.905. The van der Waals surface area contributed by atoms with Crippen LogP contribution in [0.25, 0.3) is 0 Å². The lowest BCUT2D eigenvalue weighted by Crippen LogP contribution is -2.29. The summed E-state index contributed by atoms with van der Waals surface area (Å²) in [7, 11) is 0. The van der Waals surface area contributed by atoms with Crippen molar-refractivity contribution in [3.63, 3.8) is 0 Å². The maximum absolute atomic E-state index is 11.7. The number of amides is 1. The second-order valence-electron chi connectivity index (χ2n) is 3.89. The summed E-state index contributed by atoms with van der Waals surface area (Å²) in [5.41, 5.74) is 2.03. The predicted molar refractivity (Wildman–Crippen MR) is 64.8 cm³/mol. The van der Waals surface area contributed by atoms with Crippen molar-refractivity contribution < 1.29 is 4.79 Å². The highest BCUT2D eigenvalue weighted by Gasteiger charge is 2.25. The molecule has 2 rings (SSSR count). The third kappa shape index (κ3) is 2.25. The van der Waals surface area contributed by atoms with E-state index >= 15 is 0 Å². The van der Waals surface area contributed by atoms with Crippen LogP contribution in [0.3, 0.4) is 0 Å². The lowest BCUT2D eigenvalue weighted by atomic mass is 9.90. The molecule has 0 saturated carbocycles. The van der Waals surface area contributed by atoms with E-state index in [1.54, 1.807) is 0 Å². The molecule has 1 aliphatic heterocycles. The van der Waals surface area contributed by atoms with Crippen molar-refractivity contribution in [2.45, 2.75) is 19.3 Å². The molecule has 0 radical (unpaired) electrons. The minimum Gasteiger partial charge on any atom is -0.326 e. The zero-order chi connectivity index (χ0) is 11.5. The van der Waals surface area contributed by atoms with E-state index in [1.165, 1.54) is 0 Å². The van der Waals surface area contributed by atoms with Crippen molar-refractivity contribution in [2.75, 3.05) is 5.32 Å². The number of carbonyl (C=O) groups is 1. The van der Waals surface area contributed by atoms with Gasteiger partial charge in [0, 0.05) is 22.5 Å². The van der Waals surface area contributed by atoms with Crippen molar-refractivity contribution in [3.05, 3.63) is 28.2 Å². The van der Waals surface area contributed by atoms with Gasteiger partial charge in [-0.15, -0.1) is 0 Å². The van der Waals surface area contributed by atoms with Crippen molar-refractivity contribution in [1.29, 1.82) is 5.26 Å². The lowest BCUT2D eigenvalue weighted by molar-refractivity contribution is -0.120. The van der Waals surface area contributed by atoms with Gasteiger partial charge in [-0.25, -0.2) is 0 Å². The Labute approximate surface area is 103 Å². The Morgan fingerprint density at radius 2 is 2.38 bits per heavy atom. The van der Waals surface area contributed by atoms with Gasteiger partial charge in [-0.3, -0.25) is 4.79 Å². The molecule has 0 bridgehead atoms. The van der Waals surface area contributed by atoms with E-state index in [0.717, 1.165) is 22.1 Å². The average Bonchev–Trinajstić information content (AvgIpc) is 2.26. The van der Waals surface area contributed by atoms with Gasteiger partial charge >= 0.3 is 0 Å². The number of nitriles is 1. The Morgan fingerprint density at radius 3 is 3.12 bits per heavy atom. The molecule has 82 valence electrons. The predicted octanol–water partition coefficient (Wildman–Crippen LogP) is 2.86. The first kappa shape index (κ1) is 11.2. The highest BCUT2D eigenvalue weighted by molar-refractivity contribution is 9.10. The molecule has 1 heterocycles. The first-order chi connectivity index (χ1) is 7.70. The summed E-state index contributed by atoms with van der Waals surface area (Å²) in [4.78, 5) is 11.7. The Balaban J connectivity index is 2.19. The van der Waals surface area contributed by atoms with Crippen LogP contribution in [0.1, 0.15) is 18.4 Å². The molecular formula is C12H11BrN2O. The van der Waals surface area contributed by atoms with Gasteiger partial charge in [0.15, 0.2) is 0 Å². The number of fused-ring (bicyclic) bond motifs is 1. The number of hydrogen-bond acceptors (Lipinski definition) is 2. The normalized spacial score (nSPS) is 18.5. The van der Waals surface area contributed by atoms with Crippen LogP contribution >= 0.6 is 15.9 Å². The molecule has 0 saturated heterocycles. The molecule has 1 amide bonds. The molecule has 1 aliphatic rings. The van der Waals surface area contributed by atoms with Crippen LogP contribution < -0.4 is 5.32 Å². The Bertz CT molecular complexity index is 465. The molecule has 1 N–H and O–H groups in total. The first-order valence-corrected chi connectivity index (χ1v) is 5.96. The van der Waals surface area contributed by atoms with E-state index in [0.29, 0.717) is 12.8 Å². The Kier molecular flexibility index (Phi) is 3.25. The highest BCUT2D eigenvalue weighted by Crippen LogP contribution is 2.30. The van der Waals surface area contributed by atoms with E-state index in [-0.39, 0.29) is 11.8 Å². The van der Waals surface area contributed by atoms with Crippen molar-refractivity contribution in [1.82, 2.24) is 0 Å². The molecule has 4 heteroatoms. The van der Waals surface area contributed by atoms with Crippen LogP contribution in [-0.2, 0) is 11.2 Å². The molecule has 0 aromatic heterocycles. The van der Waals surface area contributed by atoms with Gasteiger partial charge in [-0.2, -0.15) is 5.26 Å². The third-order valence-electron chi connectivity index (χ3n) is 2.77. The molecule has 16 heavy (non-hydrogen) atoms. The summed E-state index contributed by atoms with van der Waals surface area (Å²) >= 11 is 3.37. The third-order valence-corrected chi connectivity index (χ3v) is 3.26.